The average Bonchev–Trinajstić information content (AvgIpc) is 3.13. The Bertz CT molecular complexity index is 892. The lowest BCUT2D eigenvalue weighted by Gasteiger charge is -2.20. The van der Waals surface area contributed by atoms with Crippen molar-refractivity contribution in [1.82, 2.24) is 19.9 Å². The van der Waals surface area contributed by atoms with Gasteiger partial charge in [0.1, 0.15) is 0 Å². The second-order valence-corrected chi connectivity index (χ2v) is 7.84. The first-order valence-corrected chi connectivity index (χ1v) is 9.87. The van der Waals surface area contributed by atoms with E-state index in [0.717, 1.165) is 16.4 Å². The van der Waals surface area contributed by atoms with Crippen molar-refractivity contribution >= 4 is 17.7 Å². The van der Waals surface area contributed by atoms with Crippen LogP contribution >= 0.6 is 11.8 Å². The van der Waals surface area contributed by atoms with Gasteiger partial charge in [0.2, 0.25) is 5.91 Å². The Balaban J connectivity index is 1.75. The zero-order chi connectivity index (χ0) is 19.2. The predicted molar refractivity (Wildman–Crippen MR) is 109 cm³/mol. The van der Waals surface area contributed by atoms with Crippen LogP contribution in [0, 0.1) is 12.8 Å². The Morgan fingerprint density at radius 1 is 1.19 bits per heavy atom. The maximum Gasteiger partial charge on any atom is 0.234 e. The van der Waals surface area contributed by atoms with Gasteiger partial charge in [-0.3, -0.25) is 14.3 Å². The Morgan fingerprint density at radius 2 is 2.00 bits per heavy atom. The van der Waals surface area contributed by atoms with Crippen molar-refractivity contribution in [3.8, 4) is 5.69 Å². The highest BCUT2D eigenvalue weighted by atomic mass is 32.2. The standard InChI is InChI=1S/C21H24N4OS/c1-15(2)19(20(26)24-14-17-8-6-10-22-13-17)27-21-23-11-12-25(21)18-9-5-4-7-16(18)3/h4-13,15,19H,14H2,1-3H3,(H,24,26). The molecule has 0 spiro atoms. The number of nitrogens with one attached hydrogen (secondary N) is 1. The van der Waals surface area contributed by atoms with Gasteiger partial charge in [0.25, 0.3) is 0 Å². The minimum absolute atomic E-state index is 0.0122. The number of pyridine rings is 1. The number of imidazole rings is 1. The zero-order valence-electron chi connectivity index (χ0n) is 15.8. The fourth-order valence-electron chi connectivity index (χ4n) is 2.79. The molecule has 0 radical (unpaired) electrons. The van der Waals surface area contributed by atoms with Crippen LogP contribution in [-0.2, 0) is 11.3 Å². The van der Waals surface area contributed by atoms with Crippen LogP contribution in [0.2, 0.25) is 0 Å². The molecule has 6 heteroatoms. The van der Waals surface area contributed by atoms with Crippen LogP contribution in [0.25, 0.3) is 5.69 Å². The fourth-order valence-corrected chi connectivity index (χ4v) is 3.88. The Labute approximate surface area is 164 Å². The number of carbonyl (C=O) groups is 1. The number of benzene rings is 1. The molecule has 0 bridgehead atoms. The molecule has 27 heavy (non-hydrogen) atoms. The van der Waals surface area contributed by atoms with Gasteiger partial charge < -0.3 is 5.32 Å². The lowest BCUT2D eigenvalue weighted by molar-refractivity contribution is -0.121. The largest absolute Gasteiger partial charge is 0.351 e. The summed E-state index contributed by atoms with van der Waals surface area (Å²) in [6.45, 7) is 6.66. The van der Waals surface area contributed by atoms with Crippen molar-refractivity contribution in [2.45, 2.75) is 37.7 Å². The van der Waals surface area contributed by atoms with E-state index >= 15 is 0 Å². The Hall–Kier alpha value is -2.60. The summed E-state index contributed by atoms with van der Waals surface area (Å²) in [4.78, 5) is 21.4. The molecule has 1 atom stereocenters. The van der Waals surface area contributed by atoms with E-state index in [1.54, 1.807) is 18.6 Å². The molecule has 0 saturated heterocycles. The van der Waals surface area contributed by atoms with Crippen molar-refractivity contribution in [1.29, 1.82) is 0 Å². The molecule has 1 unspecified atom stereocenters. The zero-order valence-corrected chi connectivity index (χ0v) is 16.6. The molecule has 1 N–H and O–H groups in total. The number of thioether (sulfide) groups is 1. The molecule has 2 aromatic heterocycles. The summed E-state index contributed by atoms with van der Waals surface area (Å²) in [5, 5.41) is 3.62. The van der Waals surface area contributed by atoms with Crippen LogP contribution in [-0.4, -0.2) is 25.7 Å². The second-order valence-electron chi connectivity index (χ2n) is 6.73. The van der Waals surface area contributed by atoms with Crippen LogP contribution < -0.4 is 5.32 Å². The maximum atomic E-state index is 12.8. The minimum atomic E-state index is -0.230. The molecule has 1 aromatic carbocycles. The number of carbonyl (C=O) groups excluding carboxylic acids is 1. The molecule has 0 saturated carbocycles. The van der Waals surface area contributed by atoms with E-state index in [0.29, 0.717) is 6.54 Å². The lowest BCUT2D eigenvalue weighted by atomic mass is 10.1. The van der Waals surface area contributed by atoms with E-state index < -0.39 is 0 Å². The van der Waals surface area contributed by atoms with Gasteiger partial charge in [0.15, 0.2) is 5.16 Å². The molecule has 140 valence electrons. The van der Waals surface area contributed by atoms with Gasteiger partial charge >= 0.3 is 0 Å². The monoisotopic (exact) mass is 380 g/mol. The van der Waals surface area contributed by atoms with E-state index in [2.05, 4.69) is 48.2 Å². The summed E-state index contributed by atoms with van der Waals surface area (Å²) in [5.41, 5.74) is 3.23. The van der Waals surface area contributed by atoms with E-state index in [9.17, 15) is 4.79 Å². The van der Waals surface area contributed by atoms with Gasteiger partial charge in [0, 0.05) is 31.3 Å². The molecule has 3 rings (SSSR count). The van der Waals surface area contributed by atoms with E-state index in [-0.39, 0.29) is 17.1 Å². The third-order valence-corrected chi connectivity index (χ3v) is 5.79. The number of nitrogens with zero attached hydrogens (tertiary/aromatic N) is 3. The molecule has 2 heterocycles. The number of aryl methyl sites for hydroxylation is 1. The van der Waals surface area contributed by atoms with Gasteiger partial charge in [-0.05, 0) is 36.1 Å². The van der Waals surface area contributed by atoms with Crippen molar-refractivity contribution in [2.24, 2.45) is 5.92 Å². The highest BCUT2D eigenvalue weighted by Crippen LogP contribution is 2.29. The van der Waals surface area contributed by atoms with Crippen molar-refractivity contribution in [3.63, 3.8) is 0 Å². The number of aromatic nitrogens is 3. The summed E-state index contributed by atoms with van der Waals surface area (Å²) in [7, 11) is 0. The number of hydrogen-bond donors (Lipinski definition) is 1. The van der Waals surface area contributed by atoms with Crippen LogP contribution in [0.1, 0.15) is 25.0 Å². The molecular formula is C21H24N4OS. The van der Waals surface area contributed by atoms with Gasteiger partial charge in [-0.15, -0.1) is 0 Å². The molecule has 1 amide bonds. The third-order valence-electron chi connectivity index (χ3n) is 4.27. The van der Waals surface area contributed by atoms with E-state index in [1.165, 1.54) is 17.3 Å². The van der Waals surface area contributed by atoms with Crippen molar-refractivity contribution in [3.05, 3.63) is 72.3 Å². The van der Waals surface area contributed by atoms with E-state index in [4.69, 9.17) is 0 Å². The Kier molecular flexibility index (Phi) is 6.29. The summed E-state index contributed by atoms with van der Waals surface area (Å²) in [5.74, 6) is 0.184. The number of para-hydroxylation sites is 1. The number of hydrogen-bond acceptors (Lipinski definition) is 4. The topological polar surface area (TPSA) is 59.8 Å². The number of amides is 1. The summed E-state index contributed by atoms with van der Waals surface area (Å²) in [6, 6.07) is 12.0. The second kappa shape index (κ2) is 8.86. The van der Waals surface area contributed by atoms with Gasteiger partial charge in [0.05, 0.1) is 10.9 Å². The summed E-state index contributed by atoms with van der Waals surface area (Å²) >= 11 is 1.50. The Morgan fingerprint density at radius 3 is 2.70 bits per heavy atom. The van der Waals surface area contributed by atoms with Gasteiger partial charge in [-0.25, -0.2) is 4.98 Å². The molecule has 0 fully saturated rings. The highest BCUT2D eigenvalue weighted by molar-refractivity contribution is 8.00. The maximum absolute atomic E-state index is 12.8. The lowest BCUT2D eigenvalue weighted by Crippen LogP contribution is -2.35. The van der Waals surface area contributed by atoms with Crippen molar-refractivity contribution in [2.75, 3.05) is 0 Å². The molecule has 0 aliphatic rings. The average molecular weight is 381 g/mol. The van der Waals surface area contributed by atoms with Crippen LogP contribution in [0.4, 0.5) is 0 Å². The van der Waals surface area contributed by atoms with Gasteiger partial charge in [-0.2, -0.15) is 0 Å². The molecular weight excluding hydrogens is 356 g/mol. The molecule has 0 aliphatic heterocycles. The van der Waals surface area contributed by atoms with Gasteiger partial charge in [-0.1, -0.05) is 49.9 Å². The third kappa shape index (κ3) is 4.77. The van der Waals surface area contributed by atoms with Crippen LogP contribution in [0.15, 0.2) is 66.3 Å². The summed E-state index contributed by atoms with van der Waals surface area (Å²) in [6.07, 6.45) is 7.21. The molecule has 3 aromatic rings. The smallest absolute Gasteiger partial charge is 0.234 e. The van der Waals surface area contributed by atoms with Crippen molar-refractivity contribution < 1.29 is 4.79 Å². The van der Waals surface area contributed by atoms with E-state index in [1.807, 2.05) is 35.0 Å². The first kappa shape index (κ1) is 19.2. The first-order chi connectivity index (χ1) is 13.1. The quantitative estimate of drug-likeness (QED) is 0.629. The normalized spacial score (nSPS) is 12.1. The minimum Gasteiger partial charge on any atom is -0.351 e. The molecule has 5 nitrogen and oxygen atoms in total. The van der Waals surface area contributed by atoms with Crippen LogP contribution in [0.3, 0.4) is 0 Å². The first-order valence-electron chi connectivity index (χ1n) is 8.99. The number of rotatable bonds is 7. The van der Waals surface area contributed by atoms with Crippen LogP contribution in [0.5, 0.6) is 0 Å². The predicted octanol–water partition coefficient (Wildman–Crippen LogP) is 4.01. The molecule has 0 aliphatic carbocycles. The SMILES string of the molecule is Cc1ccccc1-n1ccnc1SC(C(=O)NCc1cccnc1)C(C)C. The summed E-state index contributed by atoms with van der Waals surface area (Å²) < 4.78 is 2.05. The highest BCUT2D eigenvalue weighted by Gasteiger charge is 2.25. The fraction of sp³-hybridized carbons (Fsp3) is 0.286.